The number of nitrogens with zero attached hydrogens (tertiary/aromatic N) is 2. The first-order valence-corrected chi connectivity index (χ1v) is 17.9. The van der Waals surface area contributed by atoms with Crippen LogP contribution in [0.15, 0.2) is 106 Å². The molecule has 4 rings (SSSR count). The largest absolute Gasteiger partial charge is 0.354 e. The van der Waals surface area contributed by atoms with E-state index in [2.05, 4.69) is 21.2 Å². The second-order valence-corrected chi connectivity index (χ2v) is 14.5. The molecule has 0 aliphatic carbocycles. The van der Waals surface area contributed by atoms with Gasteiger partial charge in [-0.3, -0.25) is 13.9 Å². The van der Waals surface area contributed by atoms with Crippen LogP contribution < -0.4 is 9.62 Å². The van der Waals surface area contributed by atoms with Crippen LogP contribution in [-0.4, -0.2) is 44.3 Å². The predicted octanol–water partition coefficient (Wildman–Crippen LogP) is 7.82. The second kappa shape index (κ2) is 16.5. The van der Waals surface area contributed by atoms with E-state index in [4.69, 9.17) is 23.2 Å². The fraction of sp³-hybridized carbons (Fsp3) is 0.257. The zero-order valence-corrected chi connectivity index (χ0v) is 29.5. The van der Waals surface area contributed by atoms with Crippen LogP contribution in [0.25, 0.3) is 0 Å². The van der Waals surface area contributed by atoms with E-state index in [1.54, 1.807) is 54.6 Å². The van der Waals surface area contributed by atoms with Crippen molar-refractivity contribution in [3.8, 4) is 0 Å². The van der Waals surface area contributed by atoms with E-state index in [0.29, 0.717) is 26.6 Å². The Kier molecular flexibility index (Phi) is 12.7. The molecule has 0 aliphatic rings. The van der Waals surface area contributed by atoms with Crippen LogP contribution in [-0.2, 0) is 32.6 Å². The van der Waals surface area contributed by atoms with E-state index < -0.39 is 28.5 Å². The highest BCUT2D eigenvalue weighted by molar-refractivity contribution is 9.10. The van der Waals surface area contributed by atoms with E-state index in [1.807, 2.05) is 44.2 Å². The lowest BCUT2D eigenvalue weighted by atomic mass is 10.0. The summed E-state index contributed by atoms with van der Waals surface area (Å²) < 4.78 is 30.0. The summed E-state index contributed by atoms with van der Waals surface area (Å²) in [6.07, 6.45) is 1.83. The van der Waals surface area contributed by atoms with Gasteiger partial charge in [-0.2, -0.15) is 0 Å². The minimum absolute atomic E-state index is 0.0321. The molecule has 0 radical (unpaired) electrons. The average Bonchev–Trinajstić information content (AvgIpc) is 3.03. The van der Waals surface area contributed by atoms with Gasteiger partial charge in [-0.25, -0.2) is 8.42 Å². The molecule has 0 spiro atoms. The molecule has 0 aliphatic heterocycles. The highest BCUT2D eigenvalue weighted by Crippen LogP contribution is 2.30. The first-order valence-electron chi connectivity index (χ1n) is 14.9. The SMILES string of the molecule is CCCCNC(=O)[C@@H](Cc1ccccc1)N(Cc1c(Cl)cccc1Cl)C(=O)CN(c1cccc(Br)c1)S(=O)(=O)c1ccc(C)cc1. The molecule has 7 nitrogen and oxygen atoms in total. The molecule has 1 atom stereocenters. The molecule has 2 amide bonds. The molecular weight excluding hydrogens is 709 g/mol. The van der Waals surface area contributed by atoms with Gasteiger partial charge in [-0.15, -0.1) is 0 Å². The fourth-order valence-corrected chi connectivity index (χ4v) is 7.22. The highest BCUT2D eigenvalue weighted by atomic mass is 79.9. The number of hydrogen-bond donors (Lipinski definition) is 1. The first kappa shape index (κ1) is 35.5. The standard InChI is InChI=1S/C35H36BrCl2N3O4S/c1-3-4-20-39-35(43)33(21-26-10-6-5-7-11-26)40(23-30-31(37)14-9-15-32(30)38)34(42)24-41(28-13-8-12-27(36)22-28)46(44,45)29-18-16-25(2)17-19-29/h5-19,22,33H,3-4,20-21,23-24H2,1-2H3,(H,39,43)/t33-/m1/s1. The summed E-state index contributed by atoms with van der Waals surface area (Å²) in [7, 11) is -4.22. The van der Waals surface area contributed by atoms with Gasteiger partial charge >= 0.3 is 0 Å². The minimum Gasteiger partial charge on any atom is -0.354 e. The van der Waals surface area contributed by atoms with Crippen LogP contribution >= 0.6 is 39.1 Å². The van der Waals surface area contributed by atoms with Crippen LogP contribution in [0, 0.1) is 6.92 Å². The van der Waals surface area contributed by atoms with Crippen LogP contribution in [0.1, 0.15) is 36.5 Å². The van der Waals surface area contributed by atoms with Gasteiger partial charge in [-0.05, 0) is 61.4 Å². The molecule has 0 heterocycles. The monoisotopic (exact) mass is 743 g/mol. The van der Waals surface area contributed by atoms with Gasteiger partial charge in [0.1, 0.15) is 12.6 Å². The molecule has 4 aromatic rings. The molecule has 0 fully saturated rings. The second-order valence-electron chi connectivity index (χ2n) is 10.9. The Balaban J connectivity index is 1.82. The molecule has 0 saturated heterocycles. The number of nitrogens with one attached hydrogen (secondary N) is 1. The van der Waals surface area contributed by atoms with Crippen molar-refractivity contribution in [3.63, 3.8) is 0 Å². The third-order valence-corrected chi connectivity index (χ3v) is 10.5. The number of halogens is 3. The summed E-state index contributed by atoms with van der Waals surface area (Å²) in [5, 5.41) is 3.62. The zero-order valence-electron chi connectivity index (χ0n) is 25.6. The lowest BCUT2D eigenvalue weighted by molar-refractivity contribution is -0.140. The van der Waals surface area contributed by atoms with Crippen molar-refractivity contribution >= 4 is 66.7 Å². The normalized spacial score (nSPS) is 11.9. The number of aryl methyl sites for hydroxylation is 1. The van der Waals surface area contributed by atoms with Crippen LogP contribution in [0.3, 0.4) is 0 Å². The molecular formula is C35H36BrCl2N3O4S. The Hall–Kier alpha value is -3.37. The van der Waals surface area contributed by atoms with Gasteiger partial charge in [0.15, 0.2) is 0 Å². The third-order valence-electron chi connectivity index (χ3n) is 7.47. The van der Waals surface area contributed by atoms with Crippen molar-refractivity contribution in [2.45, 2.75) is 50.6 Å². The van der Waals surface area contributed by atoms with Crippen LogP contribution in [0.4, 0.5) is 5.69 Å². The number of rotatable bonds is 14. The molecule has 242 valence electrons. The van der Waals surface area contributed by atoms with Gasteiger partial charge in [0.2, 0.25) is 11.8 Å². The molecule has 46 heavy (non-hydrogen) atoms. The van der Waals surface area contributed by atoms with E-state index in [0.717, 1.165) is 28.3 Å². The Bertz CT molecular complexity index is 1740. The van der Waals surface area contributed by atoms with Gasteiger partial charge in [0, 0.05) is 39.6 Å². The van der Waals surface area contributed by atoms with Gasteiger partial charge in [0.25, 0.3) is 10.0 Å². The molecule has 4 aromatic carbocycles. The zero-order chi connectivity index (χ0) is 33.3. The summed E-state index contributed by atoms with van der Waals surface area (Å²) in [5.74, 6) is -0.956. The van der Waals surface area contributed by atoms with Crippen molar-refractivity contribution in [2.75, 3.05) is 17.4 Å². The smallest absolute Gasteiger partial charge is 0.264 e. The fourth-order valence-electron chi connectivity index (χ4n) is 4.91. The summed E-state index contributed by atoms with van der Waals surface area (Å²) in [6, 6.07) is 26.5. The lowest BCUT2D eigenvalue weighted by Gasteiger charge is -2.34. The Morgan fingerprint density at radius 3 is 2.17 bits per heavy atom. The van der Waals surface area contributed by atoms with Gasteiger partial charge < -0.3 is 10.2 Å². The molecule has 1 N–H and O–H groups in total. The molecule has 0 aromatic heterocycles. The van der Waals surface area contributed by atoms with Crippen molar-refractivity contribution in [2.24, 2.45) is 0 Å². The minimum atomic E-state index is -4.22. The van der Waals surface area contributed by atoms with E-state index in [-0.39, 0.29) is 29.5 Å². The van der Waals surface area contributed by atoms with E-state index >= 15 is 0 Å². The topological polar surface area (TPSA) is 86.8 Å². The highest BCUT2D eigenvalue weighted by Gasteiger charge is 2.35. The number of benzene rings is 4. The summed E-state index contributed by atoms with van der Waals surface area (Å²) >= 11 is 16.6. The van der Waals surface area contributed by atoms with Crippen molar-refractivity contribution in [3.05, 3.63) is 128 Å². The quantitative estimate of drug-likeness (QED) is 0.134. The molecule has 11 heteroatoms. The maximum atomic E-state index is 14.6. The first-order chi connectivity index (χ1) is 22.0. The van der Waals surface area contributed by atoms with E-state index in [1.165, 1.54) is 17.0 Å². The van der Waals surface area contributed by atoms with Crippen molar-refractivity contribution in [1.82, 2.24) is 10.2 Å². The number of anilines is 1. The third kappa shape index (κ3) is 9.12. The predicted molar refractivity (Wildman–Crippen MR) is 189 cm³/mol. The summed E-state index contributed by atoms with van der Waals surface area (Å²) in [5.41, 5.74) is 2.46. The molecule has 0 saturated carbocycles. The number of sulfonamides is 1. The Morgan fingerprint density at radius 2 is 1.54 bits per heavy atom. The van der Waals surface area contributed by atoms with Gasteiger partial charge in [-0.1, -0.05) is 113 Å². The number of carbonyl (C=O) groups is 2. The number of hydrogen-bond acceptors (Lipinski definition) is 4. The Labute approximate surface area is 289 Å². The maximum absolute atomic E-state index is 14.6. The number of amides is 2. The van der Waals surface area contributed by atoms with Crippen LogP contribution in [0.2, 0.25) is 10.0 Å². The average molecular weight is 746 g/mol. The van der Waals surface area contributed by atoms with Crippen LogP contribution in [0.5, 0.6) is 0 Å². The molecule has 0 bridgehead atoms. The summed E-state index contributed by atoms with van der Waals surface area (Å²) in [6.45, 7) is 3.62. The Morgan fingerprint density at radius 1 is 0.891 bits per heavy atom. The van der Waals surface area contributed by atoms with Gasteiger partial charge in [0.05, 0.1) is 10.6 Å². The van der Waals surface area contributed by atoms with Crippen molar-refractivity contribution < 1.29 is 18.0 Å². The maximum Gasteiger partial charge on any atom is 0.264 e. The number of unbranched alkanes of at least 4 members (excludes halogenated alkanes) is 1. The van der Waals surface area contributed by atoms with Crippen molar-refractivity contribution in [1.29, 1.82) is 0 Å². The number of carbonyl (C=O) groups excluding carboxylic acids is 2. The summed E-state index contributed by atoms with van der Waals surface area (Å²) in [4.78, 5) is 29.9. The lowest BCUT2D eigenvalue weighted by Crippen LogP contribution is -2.53. The molecule has 0 unspecified atom stereocenters. The van der Waals surface area contributed by atoms with E-state index in [9.17, 15) is 18.0 Å².